The highest BCUT2D eigenvalue weighted by atomic mass is 31.2. The van der Waals surface area contributed by atoms with E-state index in [0.29, 0.717) is 25.7 Å². The molecule has 0 spiro atoms. The molecule has 0 aromatic heterocycles. The fraction of sp³-hybridized carbons (Fsp3) is 0.838. The van der Waals surface area contributed by atoms with Crippen LogP contribution >= 0.6 is 7.82 Å². The summed E-state index contributed by atoms with van der Waals surface area (Å²) in [7, 11) is -4.41. The van der Waals surface area contributed by atoms with Gasteiger partial charge >= 0.3 is 19.8 Å². The lowest BCUT2D eigenvalue weighted by Crippen LogP contribution is -2.29. The minimum atomic E-state index is -4.41. The van der Waals surface area contributed by atoms with E-state index in [4.69, 9.17) is 24.3 Å². The lowest BCUT2D eigenvalue weighted by atomic mass is 10.0. The number of rotatable bonds is 35. The Labute approximate surface area is 297 Å². The molecule has 4 atom stereocenters. The second kappa shape index (κ2) is 33.5. The molecule has 0 aromatic carbocycles. The Bertz CT molecular complexity index is 900. The van der Waals surface area contributed by atoms with Crippen LogP contribution in [0, 0.1) is 0 Å². The van der Waals surface area contributed by atoms with Crippen molar-refractivity contribution in [2.45, 2.75) is 173 Å². The van der Waals surface area contributed by atoms with E-state index in [2.05, 4.69) is 32.1 Å². The summed E-state index contributed by atoms with van der Waals surface area (Å²) in [5.41, 5.74) is 5.31. The van der Waals surface area contributed by atoms with Crippen LogP contribution in [0.4, 0.5) is 0 Å². The Morgan fingerprint density at radius 3 is 1.88 bits per heavy atom. The zero-order chi connectivity index (χ0) is 36.4. The number of ether oxygens (including phenoxy) is 2. The van der Waals surface area contributed by atoms with Crippen LogP contribution in [-0.4, -0.2) is 71.7 Å². The SMILES string of the molecule is CCCC/C=C\CCCCCCCC(=O)OC[C@H](COP(=O)(O)OCCN)OC(=O)CCCCCCC[C@H](O)[C@@H](O)C/C=C\CCCCC. The number of aliphatic hydroxyl groups is 2. The van der Waals surface area contributed by atoms with Gasteiger partial charge in [0.2, 0.25) is 0 Å². The molecule has 0 heterocycles. The first-order valence-electron chi connectivity index (χ1n) is 19.0. The maximum atomic E-state index is 12.5. The van der Waals surface area contributed by atoms with Crippen molar-refractivity contribution >= 4 is 19.8 Å². The van der Waals surface area contributed by atoms with E-state index < -0.39 is 44.7 Å². The summed E-state index contributed by atoms with van der Waals surface area (Å²) in [4.78, 5) is 34.7. The van der Waals surface area contributed by atoms with Crippen molar-refractivity contribution in [3.8, 4) is 0 Å². The summed E-state index contributed by atoms with van der Waals surface area (Å²) < 4.78 is 32.5. The van der Waals surface area contributed by atoms with Crippen LogP contribution in [0.15, 0.2) is 24.3 Å². The number of hydrogen-bond acceptors (Lipinski definition) is 10. The molecule has 0 saturated carbocycles. The zero-order valence-corrected chi connectivity index (χ0v) is 31.5. The average molecular weight is 720 g/mol. The fourth-order valence-corrected chi connectivity index (χ4v) is 5.75. The van der Waals surface area contributed by atoms with Crippen molar-refractivity contribution < 1.29 is 47.8 Å². The number of allylic oxidation sites excluding steroid dienone is 3. The largest absolute Gasteiger partial charge is 0.472 e. The highest BCUT2D eigenvalue weighted by Gasteiger charge is 2.26. The number of unbranched alkanes of at least 4 members (excludes halogenated alkanes) is 14. The molecule has 0 aliphatic heterocycles. The summed E-state index contributed by atoms with van der Waals surface area (Å²) in [6, 6.07) is 0. The Kier molecular flexibility index (Phi) is 32.5. The van der Waals surface area contributed by atoms with E-state index in [9.17, 15) is 29.3 Å². The van der Waals surface area contributed by atoms with Crippen LogP contribution in [0.1, 0.15) is 155 Å². The second-order valence-electron chi connectivity index (χ2n) is 12.7. The van der Waals surface area contributed by atoms with E-state index in [-0.39, 0.29) is 32.6 Å². The predicted octanol–water partition coefficient (Wildman–Crippen LogP) is 7.99. The van der Waals surface area contributed by atoms with Gasteiger partial charge in [0.25, 0.3) is 0 Å². The van der Waals surface area contributed by atoms with Gasteiger partial charge in [0.1, 0.15) is 6.61 Å². The summed E-state index contributed by atoms with van der Waals surface area (Å²) in [6.45, 7) is 3.42. The molecule has 5 N–H and O–H groups in total. The number of aliphatic hydroxyl groups excluding tert-OH is 2. The van der Waals surface area contributed by atoms with Gasteiger partial charge in [0.05, 0.1) is 25.4 Å². The van der Waals surface area contributed by atoms with Crippen molar-refractivity contribution in [1.82, 2.24) is 0 Å². The maximum Gasteiger partial charge on any atom is 0.472 e. The third-order valence-electron chi connectivity index (χ3n) is 8.01. The van der Waals surface area contributed by atoms with Gasteiger partial charge in [-0.15, -0.1) is 0 Å². The van der Waals surface area contributed by atoms with Crippen molar-refractivity contribution in [2.24, 2.45) is 5.73 Å². The topological polar surface area (TPSA) is 175 Å². The predicted molar refractivity (Wildman–Crippen MR) is 195 cm³/mol. The van der Waals surface area contributed by atoms with Crippen LogP contribution in [-0.2, 0) is 32.7 Å². The Hall–Kier alpha value is -1.59. The minimum absolute atomic E-state index is 0.0272. The quantitative estimate of drug-likeness (QED) is 0.0216. The molecule has 288 valence electrons. The lowest BCUT2D eigenvalue weighted by Gasteiger charge is -2.20. The van der Waals surface area contributed by atoms with Crippen molar-refractivity contribution in [3.63, 3.8) is 0 Å². The number of phosphoric acid groups is 1. The summed E-state index contributed by atoms with van der Waals surface area (Å²) in [6.07, 6.45) is 25.2. The van der Waals surface area contributed by atoms with Gasteiger partial charge in [-0.05, 0) is 57.8 Å². The monoisotopic (exact) mass is 719 g/mol. The molecule has 12 heteroatoms. The molecular weight excluding hydrogens is 649 g/mol. The third kappa shape index (κ3) is 32.1. The van der Waals surface area contributed by atoms with Crippen LogP contribution in [0.25, 0.3) is 0 Å². The van der Waals surface area contributed by atoms with Gasteiger partial charge in [-0.1, -0.05) is 109 Å². The first-order valence-corrected chi connectivity index (χ1v) is 20.5. The van der Waals surface area contributed by atoms with E-state index in [1.807, 2.05) is 6.08 Å². The molecule has 11 nitrogen and oxygen atoms in total. The number of esters is 2. The van der Waals surface area contributed by atoms with Crippen molar-refractivity contribution in [3.05, 3.63) is 24.3 Å². The van der Waals surface area contributed by atoms with Crippen LogP contribution in [0.3, 0.4) is 0 Å². The van der Waals surface area contributed by atoms with Gasteiger partial charge in [-0.2, -0.15) is 0 Å². The van der Waals surface area contributed by atoms with Crippen molar-refractivity contribution in [2.75, 3.05) is 26.4 Å². The first-order chi connectivity index (χ1) is 23.6. The highest BCUT2D eigenvalue weighted by molar-refractivity contribution is 7.47. The second-order valence-corrected chi connectivity index (χ2v) is 14.2. The minimum Gasteiger partial charge on any atom is -0.462 e. The molecule has 1 unspecified atom stereocenters. The Balaban J connectivity index is 4.37. The molecule has 0 radical (unpaired) electrons. The molecule has 0 amide bonds. The molecule has 0 fully saturated rings. The first kappa shape index (κ1) is 47.4. The fourth-order valence-electron chi connectivity index (χ4n) is 4.99. The van der Waals surface area contributed by atoms with Gasteiger partial charge in [-0.3, -0.25) is 18.6 Å². The number of nitrogens with two attached hydrogens (primary N) is 1. The van der Waals surface area contributed by atoms with Crippen LogP contribution in [0.2, 0.25) is 0 Å². The van der Waals surface area contributed by atoms with Gasteiger partial charge in [-0.25, -0.2) is 4.57 Å². The highest BCUT2D eigenvalue weighted by Crippen LogP contribution is 2.43. The van der Waals surface area contributed by atoms with Gasteiger partial charge in [0, 0.05) is 19.4 Å². The number of hydrogen-bond donors (Lipinski definition) is 4. The summed E-state index contributed by atoms with van der Waals surface area (Å²) >= 11 is 0. The smallest absolute Gasteiger partial charge is 0.462 e. The molecule has 0 rings (SSSR count). The normalized spacial score (nSPS) is 15.0. The lowest BCUT2D eigenvalue weighted by molar-refractivity contribution is -0.161. The van der Waals surface area contributed by atoms with E-state index >= 15 is 0 Å². The standard InChI is InChI=1S/C37H70NO10P/c1-3-5-7-9-11-12-13-14-15-19-23-27-36(41)45-31-33(32-47-49(43,44)46-30-29-38)48-37(42)28-24-20-16-18-22-26-35(40)34(39)25-21-17-10-8-6-4-2/h9,11,17,21,33-35,39-40H,3-8,10,12-16,18-20,22-32,38H2,1-2H3,(H,43,44)/b11-9-,21-17-/t33-,34+,35+/m1/s1. The Morgan fingerprint density at radius 2 is 1.22 bits per heavy atom. The van der Waals surface area contributed by atoms with Crippen LogP contribution in [0.5, 0.6) is 0 Å². The number of carbonyl (C=O) groups is 2. The third-order valence-corrected chi connectivity index (χ3v) is 8.99. The van der Waals surface area contributed by atoms with E-state index in [0.717, 1.165) is 77.0 Å². The van der Waals surface area contributed by atoms with Gasteiger partial charge < -0.3 is 30.3 Å². The summed E-state index contributed by atoms with van der Waals surface area (Å²) in [5, 5.41) is 20.4. The molecule has 0 bridgehead atoms. The molecule has 0 aliphatic carbocycles. The maximum absolute atomic E-state index is 12.5. The summed E-state index contributed by atoms with van der Waals surface area (Å²) in [5.74, 6) is -0.954. The van der Waals surface area contributed by atoms with Crippen molar-refractivity contribution in [1.29, 1.82) is 0 Å². The molecule has 0 aliphatic rings. The van der Waals surface area contributed by atoms with E-state index in [1.54, 1.807) is 0 Å². The Morgan fingerprint density at radius 1 is 0.673 bits per heavy atom. The van der Waals surface area contributed by atoms with Crippen LogP contribution < -0.4 is 5.73 Å². The molecule has 0 aromatic rings. The zero-order valence-electron chi connectivity index (χ0n) is 30.7. The average Bonchev–Trinajstić information content (AvgIpc) is 3.08. The molecular formula is C37H70NO10P. The molecule has 0 saturated heterocycles. The van der Waals surface area contributed by atoms with E-state index in [1.165, 1.54) is 25.7 Å². The molecule has 49 heavy (non-hydrogen) atoms. The number of carbonyl (C=O) groups excluding carboxylic acids is 2. The number of phosphoric ester groups is 1. The van der Waals surface area contributed by atoms with Gasteiger partial charge in [0.15, 0.2) is 6.10 Å².